The largest absolute Gasteiger partial charge is 1.00 e. The van der Waals surface area contributed by atoms with Crippen molar-refractivity contribution in [2.45, 2.75) is 0 Å². The molecule has 19 heavy (non-hydrogen) atoms. The number of H-pyrrole nitrogens is 1. The van der Waals surface area contributed by atoms with Crippen molar-refractivity contribution in [3.05, 3.63) is 54.7 Å². The normalized spacial score (nSPS) is 11.0. The van der Waals surface area contributed by atoms with Gasteiger partial charge >= 0.3 is 0 Å². The van der Waals surface area contributed by atoms with Gasteiger partial charge in [-0.3, -0.25) is 0 Å². The van der Waals surface area contributed by atoms with Gasteiger partial charge in [-0.15, -0.1) is 0 Å². The van der Waals surface area contributed by atoms with Crippen LogP contribution in [0.25, 0.3) is 32.7 Å². The van der Waals surface area contributed by atoms with E-state index in [4.69, 9.17) is 0 Å². The summed E-state index contributed by atoms with van der Waals surface area (Å²) in [6.07, 6.45) is 2.10. The van der Waals surface area contributed by atoms with E-state index in [1.807, 2.05) is 0 Å². The number of aryl methyl sites for hydroxylation is 1. The number of hydrogen-bond donors (Lipinski definition) is 1. The van der Waals surface area contributed by atoms with Gasteiger partial charge in [0, 0.05) is 22.4 Å². The zero-order chi connectivity index (χ0) is 12.1. The van der Waals surface area contributed by atoms with Crippen LogP contribution < -0.4 is 28.5 Å². The molecule has 0 aliphatic heterocycles. The molecular weight excluding hydrogens is 347 g/mol. The van der Waals surface area contributed by atoms with Gasteiger partial charge in [-0.2, -0.15) is 0 Å². The van der Waals surface area contributed by atoms with E-state index >= 15 is 0 Å². The lowest BCUT2D eigenvalue weighted by molar-refractivity contribution is -0.644. The Kier molecular flexibility index (Phi) is 2.93. The van der Waals surface area contributed by atoms with Crippen LogP contribution in [0.4, 0.5) is 0 Å². The number of pyridine rings is 1. The van der Waals surface area contributed by atoms with Crippen LogP contribution >= 0.6 is 0 Å². The highest BCUT2D eigenvalue weighted by Gasteiger charge is 2.13. The Balaban J connectivity index is 0.00000110. The maximum atomic E-state index is 3.48. The Morgan fingerprint density at radius 1 is 0.895 bits per heavy atom. The number of hydrogen-bond acceptors (Lipinski definition) is 0. The molecule has 0 saturated carbocycles. The van der Waals surface area contributed by atoms with Crippen LogP contribution in [0.1, 0.15) is 0 Å². The zero-order valence-corrected chi connectivity index (χ0v) is 12.7. The molecule has 2 aromatic carbocycles. The fraction of sp³-hybridized carbons (Fsp3) is 0.0625. The minimum absolute atomic E-state index is 0. The first kappa shape index (κ1) is 12.4. The number of aromatic nitrogens is 2. The third-order valence-corrected chi connectivity index (χ3v) is 3.61. The summed E-state index contributed by atoms with van der Waals surface area (Å²) in [6.45, 7) is 0. The molecule has 0 saturated heterocycles. The number of benzene rings is 2. The fourth-order valence-corrected chi connectivity index (χ4v) is 2.80. The third-order valence-electron chi connectivity index (χ3n) is 3.61. The Hall–Kier alpha value is -1.62. The molecular formula is C16H13IN2. The first-order chi connectivity index (χ1) is 8.84. The summed E-state index contributed by atoms with van der Waals surface area (Å²) in [5.74, 6) is 0. The third kappa shape index (κ3) is 1.72. The molecule has 0 aliphatic rings. The van der Waals surface area contributed by atoms with Gasteiger partial charge in [0.15, 0.2) is 6.20 Å². The van der Waals surface area contributed by atoms with E-state index in [9.17, 15) is 0 Å². The molecule has 0 atom stereocenters. The Morgan fingerprint density at radius 3 is 2.63 bits per heavy atom. The Labute approximate surface area is 128 Å². The van der Waals surface area contributed by atoms with Gasteiger partial charge < -0.3 is 29.0 Å². The number of aromatic amines is 1. The van der Waals surface area contributed by atoms with E-state index in [1.54, 1.807) is 0 Å². The number of nitrogens with one attached hydrogen (secondary N) is 1. The Morgan fingerprint density at radius 2 is 1.74 bits per heavy atom. The summed E-state index contributed by atoms with van der Waals surface area (Å²) < 4.78 is 2.19. The summed E-state index contributed by atoms with van der Waals surface area (Å²) in [6, 6.07) is 17.1. The average Bonchev–Trinajstić information content (AvgIpc) is 2.77. The van der Waals surface area contributed by atoms with E-state index in [-0.39, 0.29) is 24.0 Å². The van der Waals surface area contributed by atoms with Crippen molar-refractivity contribution in [3.63, 3.8) is 0 Å². The van der Waals surface area contributed by atoms with Crippen molar-refractivity contribution in [3.8, 4) is 0 Å². The molecule has 94 valence electrons. The topological polar surface area (TPSA) is 19.7 Å². The quantitative estimate of drug-likeness (QED) is 0.344. The van der Waals surface area contributed by atoms with Crippen molar-refractivity contribution in [2.75, 3.05) is 0 Å². The maximum absolute atomic E-state index is 3.48. The van der Waals surface area contributed by atoms with E-state index in [2.05, 4.69) is 71.3 Å². The second kappa shape index (κ2) is 4.49. The van der Waals surface area contributed by atoms with Gasteiger partial charge in [0.1, 0.15) is 7.05 Å². The lowest BCUT2D eigenvalue weighted by Gasteiger charge is -1.98. The molecule has 2 aromatic heterocycles. The molecule has 2 nitrogen and oxygen atoms in total. The molecule has 0 amide bonds. The number of para-hydroxylation sites is 1. The lowest BCUT2D eigenvalue weighted by Crippen LogP contribution is -3.00. The van der Waals surface area contributed by atoms with Crippen LogP contribution in [-0.4, -0.2) is 4.98 Å². The summed E-state index contributed by atoms with van der Waals surface area (Å²) in [4.78, 5) is 3.48. The van der Waals surface area contributed by atoms with E-state index in [0.29, 0.717) is 0 Å². The zero-order valence-electron chi connectivity index (χ0n) is 10.5. The van der Waals surface area contributed by atoms with Crippen molar-refractivity contribution >= 4 is 32.7 Å². The highest BCUT2D eigenvalue weighted by molar-refractivity contribution is 6.17. The molecule has 4 aromatic rings. The molecule has 0 bridgehead atoms. The minimum Gasteiger partial charge on any atom is -1.00 e. The fourth-order valence-electron chi connectivity index (χ4n) is 2.80. The van der Waals surface area contributed by atoms with Crippen molar-refractivity contribution in [2.24, 2.45) is 7.05 Å². The monoisotopic (exact) mass is 360 g/mol. The molecule has 4 rings (SSSR count). The van der Waals surface area contributed by atoms with Crippen LogP contribution in [0.3, 0.4) is 0 Å². The van der Waals surface area contributed by atoms with Crippen LogP contribution in [0.15, 0.2) is 54.7 Å². The van der Waals surface area contributed by atoms with Crippen molar-refractivity contribution < 1.29 is 28.5 Å². The average molecular weight is 360 g/mol. The summed E-state index contributed by atoms with van der Waals surface area (Å²) in [5, 5.41) is 3.88. The predicted octanol–water partition coefficient (Wildman–Crippen LogP) is 0.303. The highest BCUT2D eigenvalue weighted by atomic mass is 127. The van der Waals surface area contributed by atoms with Gasteiger partial charge in [0.05, 0.1) is 10.9 Å². The van der Waals surface area contributed by atoms with Gasteiger partial charge in [-0.1, -0.05) is 18.2 Å². The summed E-state index contributed by atoms with van der Waals surface area (Å²) in [7, 11) is 2.10. The highest BCUT2D eigenvalue weighted by Crippen LogP contribution is 2.29. The van der Waals surface area contributed by atoms with Gasteiger partial charge in [0.2, 0.25) is 5.52 Å². The van der Waals surface area contributed by atoms with Gasteiger partial charge in [0.25, 0.3) is 0 Å². The first-order valence-corrected chi connectivity index (χ1v) is 6.12. The molecule has 0 aliphatic carbocycles. The standard InChI is InChI=1S/C16H12N2.HI/c1-18-10-4-5-11-8-9-14-15(16(11)18)12-6-2-3-7-13(12)17-14;/h2-10H,1H3;1H. The van der Waals surface area contributed by atoms with Crippen LogP contribution in [0.5, 0.6) is 0 Å². The summed E-state index contributed by atoms with van der Waals surface area (Å²) in [5.41, 5.74) is 3.68. The number of halogens is 1. The second-order valence-corrected chi connectivity index (χ2v) is 4.72. The predicted molar refractivity (Wildman–Crippen MR) is 74.5 cm³/mol. The molecule has 1 N–H and O–H groups in total. The molecule has 0 fully saturated rings. The molecule has 2 heterocycles. The number of nitrogens with zero attached hydrogens (tertiary/aromatic N) is 1. The van der Waals surface area contributed by atoms with E-state index < -0.39 is 0 Å². The Bertz CT molecular complexity index is 893. The molecule has 0 spiro atoms. The number of fused-ring (bicyclic) bond motifs is 5. The SMILES string of the molecule is C[n+]1cccc2ccc3[nH]c4ccccc4c3c21.[I-]. The second-order valence-electron chi connectivity index (χ2n) is 4.72. The van der Waals surface area contributed by atoms with E-state index in [1.165, 1.54) is 32.7 Å². The van der Waals surface area contributed by atoms with Crippen LogP contribution in [-0.2, 0) is 7.05 Å². The molecule has 0 unspecified atom stereocenters. The van der Waals surface area contributed by atoms with Crippen molar-refractivity contribution in [1.29, 1.82) is 0 Å². The van der Waals surface area contributed by atoms with E-state index in [0.717, 1.165) is 0 Å². The van der Waals surface area contributed by atoms with Gasteiger partial charge in [-0.25, -0.2) is 4.57 Å². The van der Waals surface area contributed by atoms with Crippen molar-refractivity contribution in [1.82, 2.24) is 4.98 Å². The van der Waals surface area contributed by atoms with Gasteiger partial charge in [-0.05, 0) is 24.3 Å². The minimum atomic E-state index is 0. The summed E-state index contributed by atoms with van der Waals surface area (Å²) >= 11 is 0. The number of rotatable bonds is 0. The van der Waals surface area contributed by atoms with Crippen LogP contribution in [0.2, 0.25) is 0 Å². The smallest absolute Gasteiger partial charge is 0.222 e. The lowest BCUT2D eigenvalue weighted by atomic mass is 10.1. The molecule has 0 radical (unpaired) electrons. The maximum Gasteiger partial charge on any atom is 0.222 e. The first-order valence-electron chi connectivity index (χ1n) is 6.12. The molecule has 3 heteroatoms. The van der Waals surface area contributed by atoms with Crippen LogP contribution in [0, 0.1) is 0 Å².